The van der Waals surface area contributed by atoms with E-state index in [4.69, 9.17) is 21.1 Å². The van der Waals surface area contributed by atoms with Gasteiger partial charge in [-0.25, -0.2) is 16.8 Å². The Bertz CT molecular complexity index is 1560. The Balaban J connectivity index is 1.64. The maximum atomic E-state index is 13.6. The van der Waals surface area contributed by atoms with Gasteiger partial charge < -0.3 is 14.8 Å². The first-order valence-corrected chi connectivity index (χ1v) is 15.2. The number of hydrogen-bond acceptors (Lipinski definition) is 7. The Morgan fingerprint density at radius 3 is 2.36 bits per heavy atom. The second-order valence-electron chi connectivity index (χ2n) is 8.73. The van der Waals surface area contributed by atoms with Crippen LogP contribution in [0.5, 0.6) is 5.75 Å². The number of morpholine rings is 1. The predicted octanol–water partition coefficient (Wildman–Crippen LogP) is 3.51. The van der Waals surface area contributed by atoms with Crippen molar-refractivity contribution in [2.24, 2.45) is 0 Å². The van der Waals surface area contributed by atoms with Gasteiger partial charge in [-0.05, 0) is 67.1 Å². The van der Waals surface area contributed by atoms with Gasteiger partial charge in [0.05, 0.1) is 30.9 Å². The van der Waals surface area contributed by atoms with Crippen LogP contribution in [-0.4, -0.2) is 67.0 Å². The van der Waals surface area contributed by atoms with Crippen molar-refractivity contribution < 1.29 is 31.1 Å². The van der Waals surface area contributed by atoms with Crippen molar-refractivity contribution in [3.05, 3.63) is 77.3 Å². The number of ether oxygens (including phenoxy) is 2. The molecule has 1 aliphatic rings. The lowest BCUT2D eigenvalue weighted by Crippen LogP contribution is -2.40. The van der Waals surface area contributed by atoms with E-state index in [2.05, 4.69) is 5.32 Å². The fourth-order valence-electron chi connectivity index (χ4n) is 4.04. The van der Waals surface area contributed by atoms with Crippen LogP contribution in [0.15, 0.2) is 76.5 Å². The standard InChI is InChI=1S/C26H28ClN3O7S2/c1-19-4-3-5-22(16-19)30(38(32,33)23-9-6-20(27)7-10-23)18-26(31)28-21-8-11-24(36-2)25(17-21)39(34,35)29-12-14-37-15-13-29/h3-11,16-17H,12-15,18H2,1-2H3,(H,28,31). The Morgan fingerprint density at radius 2 is 1.72 bits per heavy atom. The summed E-state index contributed by atoms with van der Waals surface area (Å²) in [5.74, 6) is -0.555. The van der Waals surface area contributed by atoms with Gasteiger partial charge in [0, 0.05) is 23.8 Å². The first-order valence-electron chi connectivity index (χ1n) is 11.9. The molecule has 0 bridgehead atoms. The number of benzene rings is 3. The molecule has 0 atom stereocenters. The second-order valence-corrected chi connectivity index (χ2v) is 12.9. The quantitative estimate of drug-likeness (QED) is 0.403. The minimum atomic E-state index is -4.15. The van der Waals surface area contributed by atoms with Crippen molar-refractivity contribution in [3.8, 4) is 5.75 Å². The highest BCUT2D eigenvalue weighted by atomic mass is 35.5. The van der Waals surface area contributed by atoms with Crippen LogP contribution in [0.2, 0.25) is 5.02 Å². The Morgan fingerprint density at radius 1 is 1.03 bits per heavy atom. The molecule has 1 fully saturated rings. The van der Waals surface area contributed by atoms with Crippen molar-refractivity contribution in [2.45, 2.75) is 16.7 Å². The van der Waals surface area contributed by atoms with Gasteiger partial charge in [-0.2, -0.15) is 4.31 Å². The molecule has 0 aliphatic carbocycles. The summed E-state index contributed by atoms with van der Waals surface area (Å²) in [6.07, 6.45) is 0. The van der Waals surface area contributed by atoms with E-state index in [1.165, 1.54) is 53.9 Å². The van der Waals surface area contributed by atoms with Crippen LogP contribution in [0.3, 0.4) is 0 Å². The first-order chi connectivity index (χ1) is 18.5. The number of nitrogens with zero attached hydrogens (tertiary/aromatic N) is 2. The summed E-state index contributed by atoms with van der Waals surface area (Å²) < 4.78 is 66.6. The van der Waals surface area contributed by atoms with Crippen molar-refractivity contribution in [3.63, 3.8) is 0 Å². The third-order valence-electron chi connectivity index (χ3n) is 6.01. The smallest absolute Gasteiger partial charge is 0.264 e. The molecule has 0 unspecified atom stereocenters. The molecule has 0 aromatic heterocycles. The van der Waals surface area contributed by atoms with E-state index < -0.39 is 32.5 Å². The fourth-order valence-corrected chi connectivity index (χ4v) is 7.17. The number of hydrogen-bond donors (Lipinski definition) is 1. The molecular formula is C26H28ClN3O7S2. The number of halogens is 1. The monoisotopic (exact) mass is 593 g/mol. The van der Waals surface area contributed by atoms with Gasteiger partial charge in [0.2, 0.25) is 15.9 Å². The fraction of sp³-hybridized carbons (Fsp3) is 0.269. The number of carbonyl (C=O) groups is 1. The number of sulfonamides is 2. The molecular weight excluding hydrogens is 566 g/mol. The van der Waals surface area contributed by atoms with Gasteiger partial charge in [0.25, 0.3) is 10.0 Å². The average Bonchev–Trinajstić information content (AvgIpc) is 2.92. The molecule has 4 rings (SSSR count). The van der Waals surface area contributed by atoms with E-state index >= 15 is 0 Å². The predicted molar refractivity (Wildman–Crippen MR) is 148 cm³/mol. The number of nitrogens with one attached hydrogen (secondary N) is 1. The number of methoxy groups -OCH3 is 1. The number of carbonyl (C=O) groups excluding carboxylic acids is 1. The summed E-state index contributed by atoms with van der Waals surface area (Å²) in [5.41, 5.74) is 1.27. The molecule has 1 aliphatic heterocycles. The van der Waals surface area contributed by atoms with E-state index in [0.717, 1.165) is 9.87 Å². The number of anilines is 2. The zero-order valence-electron chi connectivity index (χ0n) is 21.3. The normalized spacial score (nSPS) is 14.5. The summed E-state index contributed by atoms with van der Waals surface area (Å²) in [5, 5.41) is 3.00. The van der Waals surface area contributed by atoms with Crippen molar-refractivity contribution in [1.29, 1.82) is 0 Å². The summed E-state index contributed by atoms with van der Waals surface area (Å²) in [6.45, 7) is 2.17. The molecule has 208 valence electrons. The van der Waals surface area contributed by atoms with Gasteiger partial charge >= 0.3 is 0 Å². The van der Waals surface area contributed by atoms with Gasteiger partial charge in [-0.1, -0.05) is 23.7 Å². The van der Waals surface area contributed by atoms with E-state index in [0.29, 0.717) is 10.7 Å². The highest BCUT2D eigenvalue weighted by Crippen LogP contribution is 2.31. The molecule has 0 spiro atoms. The molecule has 1 heterocycles. The lowest BCUT2D eigenvalue weighted by atomic mass is 10.2. The molecule has 3 aromatic rings. The second kappa shape index (κ2) is 11.9. The van der Waals surface area contributed by atoms with Crippen molar-refractivity contribution in [2.75, 3.05) is 49.6 Å². The van der Waals surface area contributed by atoms with Crippen LogP contribution in [0, 0.1) is 6.92 Å². The van der Waals surface area contributed by atoms with Gasteiger partial charge in [0.15, 0.2) is 0 Å². The SMILES string of the molecule is COc1ccc(NC(=O)CN(c2cccc(C)c2)S(=O)(=O)c2ccc(Cl)cc2)cc1S(=O)(=O)N1CCOCC1. The van der Waals surface area contributed by atoms with Crippen LogP contribution in [0.1, 0.15) is 5.56 Å². The van der Waals surface area contributed by atoms with Crippen molar-refractivity contribution in [1.82, 2.24) is 4.31 Å². The maximum absolute atomic E-state index is 13.6. The van der Waals surface area contributed by atoms with Crippen LogP contribution in [-0.2, 0) is 29.6 Å². The summed E-state index contributed by atoms with van der Waals surface area (Å²) in [4.78, 5) is 13.0. The van der Waals surface area contributed by atoms with Gasteiger partial charge in [0.1, 0.15) is 17.2 Å². The number of rotatable bonds is 9. The van der Waals surface area contributed by atoms with Crippen LogP contribution < -0.4 is 14.4 Å². The lowest BCUT2D eigenvalue weighted by molar-refractivity contribution is -0.114. The minimum absolute atomic E-state index is 0.0375. The molecule has 39 heavy (non-hydrogen) atoms. The van der Waals surface area contributed by atoms with Crippen LogP contribution in [0.4, 0.5) is 11.4 Å². The molecule has 1 N–H and O–H groups in total. The average molecular weight is 594 g/mol. The van der Waals surface area contributed by atoms with Gasteiger partial charge in [-0.3, -0.25) is 9.10 Å². The Kier molecular flexibility index (Phi) is 8.82. The van der Waals surface area contributed by atoms with Crippen molar-refractivity contribution >= 4 is 48.9 Å². The summed E-state index contributed by atoms with van der Waals surface area (Å²) >= 11 is 5.94. The van der Waals surface area contributed by atoms with Gasteiger partial charge in [-0.15, -0.1) is 0 Å². The highest BCUT2D eigenvalue weighted by molar-refractivity contribution is 7.92. The molecule has 0 saturated carbocycles. The first kappa shape index (κ1) is 28.8. The Hall–Kier alpha value is -3.16. The van der Waals surface area contributed by atoms with Crippen LogP contribution in [0.25, 0.3) is 0 Å². The summed E-state index contributed by atoms with van der Waals surface area (Å²) in [6, 6.07) is 16.6. The molecule has 1 saturated heterocycles. The maximum Gasteiger partial charge on any atom is 0.264 e. The van der Waals surface area contributed by atoms with E-state index in [1.807, 2.05) is 13.0 Å². The van der Waals surface area contributed by atoms with E-state index in [9.17, 15) is 21.6 Å². The third kappa shape index (κ3) is 6.53. The Labute approximate surface area is 233 Å². The molecule has 0 radical (unpaired) electrons. The molecule has 13 heteroatoms. The topological polar surface area (TPSA) is 122 Å². The largest absolute Gasteiger partial charge is 0.495 e. The zero-order valence-corrected chi connectivity index (χ0v) is 23.7. The van der Waals surface area contributed by atoms with Crippen LogP contribution >= 0.6 is 11.6 Å². The summed E-state index contributed by atoms with van der Waals surface area (Å²) in [7, 11) is -6.73. The molecule has 3 aromatic carbocycles. The zero-order chi connectivity index (χ0) is 28.2. The number of aryl methyl sites for hydroxylation is 1. The number of amides is 1. The highest BCUT2D eigenvalue weighted by Gasteiger charge is 2.31. The molecule has 1 amide bonds. The minimum Gasteiger partial charge on any atom is -0.495 e. The van der Waals surface area contributed by atoms with E-state index in [1.54, 1.807) is 18.2 Å². The lowest BCUT2D eigenvalue weighted by Gasteiger charge is -2.27. The third-order valence-corrected chi connectivity index (χ3v) is 9.97. The molecule has 10 nitrogen and oxygen atoms in total. The van der Waals surface area contributed by atoms with E-state index in [-0.39, 0.29) is 47.5 Å².